The van der Waals surface area contributed by atoms with E-state index in [0.29, 0.717) is 0 Å². The molecule has 0 aliphatic heterocycles. The van der Waals surface area contributed by atoms with Gasteiger partial charge < -0.3 is 9.88 Å². The fourth-order valence-electron chi connectivity index (χ4n) is 8.27. The number of rotatable bonds is 8. The topological polar surface area (TPSA) is 29.3 Å². The van der Waals surface area contributed by atoms with Crippen molar-refractivity contribution < 1.29 is 0 Å². The number of benzene rings is 7. The maximum absolute atomic E-state index is 5.32. The van der Waals surface area contributed by atoms with Gasteiger partial charge in [-0.3, -0.25) is 4.99 Å². The number of anilines is 1. The van der Waals surface area contributed by atoms with Gasteiger partial charge in [0.25, 0.3) is 0 Å². The maximum atomic E-state index is 5.32. The third kappa shape index (κ3) is 5.57. The minimum absolute atomic E-state index is 0.0925. The van der Waals surface area contributed by atoms with E-state index in [1.165, 1.54) is 55.2 Å². The zero-order valence-corrected chi connectivity index (χ0v) is 30.3. The molecule has 3 nitrogen and oxygen atoms in total. The summed E-state index contributed by atoms with van der Waals surface area (Å²) in [5, 5.41) is 6.36. The molecule has 1 aliphatic carbocycles. The molecular formula is C50H41N3. The van der Waals surface area contributed by atoms with Gasteiger partial charge in [-0.25, -0.2) is 0 Å². The number of hydrogen-bond donors (Lipinski definition) is 1. The van der Waals surface area contributed by atoms with E-state index in [1.54, 1.807) is 0 Å². The molecule has 0 fully saturated rings. The minimum Gasteiger partial charge on any atom is -0.360 e. The second-order valence-corrected chi connectivity index (χ2v) is 14.6. The first-order chi connectivity index (χ1) is 25.9. The van der Waals surface area contributed by atoms with E-state index in [2.05, 4.69) is 176 Å². The van der Waals surface area contributed by atoms with Crippen molar-refractivity contribution >= 4 is 33.2 Å². The van der Waals surface area contributed by atoms with Gasteiger partial charge in [-0.1, -0.05) is 154 Å². The van der Waals surface area contributed by atoms with Crippen LogP contribution in [0.4, 0.5) is 5.69 Å². The Labute approximate surface area is 311 Å². The van der Waals surface area contributed by atoms with Gasteiger partial charge in [-0.2, -0.15) is 0 Å². The number of nitrogens with one attached hydrogen (secondary N) is 1. The van der Waals surface area contributed by atoms with Gasteiger partial charge in [-0.05, 0) is 87.8 Å². The van der Waals surface area contributed by atoms with Crippen LogP contribution in [0.3, 0.4) is 0 Å². The Balaban J connectivity index is 1.23. The lowest BCUT2D eigenvalue weighted by atomic mass is 9.82. The van der Waals surface area contributed by atoms with E-state index >= 15 is 0 Å². The molecule has 1 aromatic heterocycles. The molecular weight excluding hydrogens is 643 g/mol. The summed E-state index contributed by atoms with van der Waals surface area (Å²) in [4.78, 5) is 5.32. The second kappa shape index (κ2) is 13.0. The predicted molar refractivity (Wildman–Crippen MR) is 224 cm³/mol. The summed E-state index contributed by atoms with van der Waals surface area (Å²) in [5.74, 6) is 0. The minimum atomic E-state index is -0.327. The van der Waals surface area contributed by atoms with E-state index in [0.717, 1.165) is 33.8 Å². The Morgan fingerprint density at radius 3 is 2.08 bits per heavy atom. The Morgan fingerprint density at radius 1 is 0.642 bits per heavy atom. The second-order valence-electron chi connectivity index (χ2n) is 14.6. The van der Waals surface area contributed by atoms with Gasteiger partial charge in [-0.15, -0.1) is 0 Å². The van der Waals surface area contributed by atoms with E-state index in [9.17, 15) is 0 Å². The molecule has 256 valence electrons. The van der Waals surface area contributed by atoms with Crippen molar-refractivity contribution in [2.24, 2.45) is 4.99 Å². The number of hydrogen-bond acceptors (Lipinski definition) is 2. The number of aromatic nitrogens is 1. The highest BCUT2D eigenvalue weighted by Crippen LogP contribution is 2.53. The van der Waals surface area contributed by atoms with Gasteiger partial charge in [0.15, 0.2) is 0 Å². The fraction of sp³-hybridized carbons (Fsp3) is 0.100. The number of aliphatic imine (C=N–C) groups is 1. The summed E-state index contributed by atoms with van der Waals surface area (Å²) in [7, 11) is 0. The standard InChI is InChI=1S/C50H41N3/c1-33(2)48(35-19-10-6-11-20-35)52-49(36-21-12-7-13-22-36)51-38-23-16-24-39(32-38)53-44-29-27-37(34-17-8-5-9-18-34)31-41(44)47-45(53)30-28-43-46(47)40-25-14-15-26-42(40)50(43,3)4/h5-32,49,51H,1H2,2-4H3/b52-48+. The first kappa shape index (κ1) is 32.5. The lowest BCUT2D eigenvalue weighted by molar-refractivity contribution is 0.661. The molecule has 53 heavy (non-hydrogen) atoms. The smallest absolute Gasteiger partial charge is 0.145 e. The van der Waals surface area contributed by atoms with Crippen molar-refractivity contribution in [3.63, 3.8) is 0 Å². The van der Waals surface area contributed by atoms with Crippen LogP contribution in [0.2, 0.25) is 0 Å². The lowest BCUT2D eigenvalue weighted by Gasteiger charge is -2.21. The van der Waals surface area contributed by atoms with Crippen molar-refractivity contribution in [3.8, 4) is 27.9 Å². The van der Waals surface area contributed by atoms with Crippen LogP contribution in [0.25, 0.3) is 49.7 Å². The summed E-state index contributed by atoms with van der Waals surface area (Å²) in [5.41, 5.74) is 16.1. The third-order valence-electron chi connectivity index (χ3n) is 10.8. The van der Waals surface area contributed by atoms with Gasteiger partial charge >= 0.3 is 0 Å². The average molecular weight is 684 g/mol. The Kier molecular flexibility index (Phi) is 7.93. The molecule has 0 radical (unpaired) electrons. The number of fused-ring (bicyclic) bond motifs is 7. The van der Waals surface area contributed by atoms with Crippen molar-refractivity contribution in [2.45, 2.75) is 32.4 Å². The summed E-state index contributed by atoms with van der Waals surface area (Å²) in [6.07, 6.45) is -0.327. The fourth-order valence-corrected chi connectivity index (χ4v) is 8.27. The predicted octanol–water partition coefficient (Wildman–Crippen LogP) is 12.9. The summed E-state index contributed by atoms with van der Waals surface area (Å²) in [6, 6.07) is 60.8. The molecule has 1 unspecified atom stereocenters. The van der Waals surface area contributed by atoms with Gasteiger partial charge in [0, 0.05) is 33.1 Å². The van der Waals surface area contributed by atoms with Crippen LogP contribution in [0.15, 0.2) is 187 Å². The Bertz CT molecular complexity index is 2680. The van der Waals surface area contributed by atoms with Gasteiger partial charge in [0.05, 0.1) is 16.7 Å². The third-order valence-corrected chi connectivity index (χ3v) is 10.8. The van der Waals surface area contributed by atoms with Gasteiger partial charge in [0.1, 0.15) is 6.17 Å². The molecule has 1 heterocycles. The van der Waals surface area contributed by atoms with Crippen molar-refractivity contribution in [3.05, 3.63) is 204 Å². The molecule has 1 N–H and O–H groups in total. The lowest BCUT2D eigenvalue weighted by Crippen LogP contribution is -2.14. The normalized spacial score (nSPS) is 13.8. The highest BCUT2D eigenvalue weighted by Gasteiger charge is 2.37. The summed E-state index contributed by atoms with van der Waals surface area (Å²) in [6.45, 7) is 11.0. The first-order valence-corrected chi connectivity index (χ1v) is 18.4. The molecule has 9 rings (SSSR count). The van der Waals surface area contributed by atoms with Crippen molar-refractivity contribution in [1.82, 2.24) is 4.57 Å². The van der Waals surface area contributed by atoms with Crippen LogP contribution < -0.4 is 5.32 Å². The van der Waals surface area contributed by atoms with Crippen LogP contribution in [-0.2, 0) is 5.41 Å². The van der Waals surface area contributed by atoms with Crippen LogP contribution in [0, 0.1) is 0 Å². The van der Waals surface area contributed by atoms with E-state index in [-0.39, 0.29) is 11.6 Å². The van der Waals surface area contributed by atoms with E-state index in [1.807, 2.05) is 31.2 Å². The molecule has 8 aromatic rings. The van der Waals surface area contributed by atoms with Gasteiger partial charge in [0.2, 0.25) is 0 Å². The zero-order chi connectivity index (χ0) is 36.1. The quantitative estimate of drug-likeness (QED) is 0.159. The molecule has 0 amide bonds. The molecule has 3 heteroatoms. The largest absolute Gasteiger partial charge is 0.360 e. The Morgan fingerprint density at radius 2 is 1.32 bits per heavy atom. The van der Waals surface area contributed by atoms with Crippen LogP contribution >= 0.6 is 0 Å². The van der Waals surface area contributed by atoms with Crippen LogP contribution in [-0.4, -0.2) is 10.3 Å². The molecule has 0 saturated heterocycles. The van der Waals surface area contributed by atoms with Crippen molar-refractivity contribution in [2.75, 3.05) is 5.32 Å². The number of allylic oxidation sites excluding steroid dienone is 1. The highest BCUT2D eigenvalue weighted by atomic mass is 15.1. The van der Waals surface area contributed by atoms with Crippen molar-refractivity contribution in [1.29, 1.82) is 0 Å². The average Bonchev–Trinajstić information content (AvgIpc) is 3.65. The van der Waals surface area contributed by atoms with Crippen LogP contribution in [0.1, 0.15) is 49.2 Å². The summed E-state index contributed by atoms with van der Waals surface area (Å²) < 4.78 is 2.43. The molecule has 0 spiro atoms. The maximum Gasteiger partial charge on any atom is 0.145 e. The Hall–Kier alpha value is -6.45. The highest BCUT2D eigenvalue weighted by molar-refractivity contribution is 6.18. The SMILES string of the molecule is C=C(C)/C(=N\C(Nc1cccc(-n2c3ccc(-c4ccccc4)cc3c3c4c(ccc32)C(C)(C)c2ccccc2-4)c1)c1ccccc1)c1ccccc1. The molecule has 1 atom stereocenters. The molecule has 0 saturated carbocycles. The summed E-state index contributed by atoms with van der Waals surface area (Å²) >= 11 is 0. The molecule has 1 aliphatic rings. The number of nitrogens with zero attached hydrogens (tertiary/aromatic N) is 2. The molecule has 7 aromatic carbocycles. The van der Waals surface area contributed by atoms with Crippen LogP contribution in [0.5, 0.6) is 0 Å². The van der Waals surface area contributed by atoms with E-state index in [4.69, 9.17) is 4.99 Å². The first-order valence-electron chi connectivity index (χ1n) is 18.4. The monoisotopic (exact) mass is 683 g/mol. The van der Waals surface area contributed by atoms with E-state index < -0.39 is 0 Å². The molecule has 0 bridgehead atoms. The zero-order valence-electron chi connectivity index (χ0n) is 30.3.